The summed E-state index contributed by atoms with van der Waals surface area (Å²) in [5, 5.41) is 16.0. The number of carbonyl (C=O) groups excluding carboxylic acids is 2. The van der Waals surface area contributed by atoms with Crippen molar-refractivity contribution in [2.24, 2.45) is 0 Å². The molecule has 0 unspecified atom stereocenters. The molecule has 1 aliphatic rings. The standard InChI is InChI=1S/C23H20N4O3/c24-13-12-16-6-10-18(11-7-16)25-22(28)15-30-23(29)21-14-20(17-8-9-17)26-27(21)19-4-2-1-3-5-19/h1-7,10-11,14,17H,8-9,12,15H2,(H,25,28). The summed E-state index contributed by atoms with van der Waals surface area (Å²) in [6.07, 6.45) is 2.44. The highest BCUT2D eigenvalue weighted by Gasteiger charge is 2.29. The molecular formula is C23H20N4O3. The number of hydrogen-bond donors (Lipinski definition) is 1. The van der Waals surface area contributed by atoms with E-state index in [-0.39, 0.29) is 0 Å². The zero-order chi connectivity index (χ0) is 20.9. The van der Waals surface area contributed by atoms with E-state index in [1.165, 1.54) is 0 Å². The highest BCUT2D eigenvalue weighted by Crippen LogP contribution is 2.39. The molecule has 0 spiro atoms. The van der Waals surface area contributed by atoms with Crippen LogP contribution in [-0.4, -0.2) is 28.3 Å². The SMILES string of the molecule is N#CCc1ccc(NC(=O)COC(=O)c2cc(C3CC3)nn2-c2ccccc2)cc1. The van der Waals surface area contributed by atoms with Crippen LogP contribution in [0, 0.1) is 11.3 Å². The number of anilines is 1. The van der Waals surface area contributed by atoms with E-state index in [2.05, 4.69) is 16.5 Å². The van der Waals surface area contributed by atoms with E-state index < -0.39 is 18.5 Å². The van der Waals surface area contributed by atoms with Crippen LogP contribution in [0.15, 0.2) is 60.7 Å². The Morgan fingerprint density at radius 1 is 1.13 bits per heavy atom. The Bertz CT molecular complexity index is 1090. The van der Waals surface area contributed by atoms with Gasteiger partial charge in [0.25, 0.3) is 5.91 Å². The number of esters is 1. The molecule has 4 rings (SSSR count). The number of amides is 1. The van der Waals surface area contributed by atoms with Gasteiger partial charge in [0, 0.05) is 11.6 Å². The Balaban J connectivity index is 1.41. The number of benzene rings is 2. The van der Waals surface area contributed by atoms with Gasteiger partial charge in [0.15, 0.2) is 12.3 Å². The summed E-state index contributed by atoms with van der Waals surface area (Å²) in [5.41, 5.74) is 3.37. The molecule has 0 bridgehead atoms. The maximum Gasteiger partial charge on any atom is 0.357 e. The lowest BCUT2D eigenvalue weighted by molar-refractivity contribution is -0.119. The fraction of sp³-hybridized carbons (Fsp3) is 0.217. The summed E-state index contributed by atoms with van der Waals surface area (Å²) in [6, 6.07) is 20.1. The lowest BCUT2D eigenvalue weighted by Crippen LogP contribution is -2.22. The van der Waals surface area contributed by atoms with Crippen molar-refractivity contribution in [1.82, 2.24) is 9.78 Å². The summed E-state index contributed by atoms with van der Waals surface area (Å²) in [4.78, 5) is 24.8. The first-order valence-electron chi connectivity index (χ1n) is 9.72. The Morgan fingerprint density at radius 2 is 1.87 bits per heavy atom. The van der Waals surface area contributed by atoms with Crippen LogP contribution >= 0.6 is 0 Å². The Kier molecular flexibility index (Phi) is 5.57. The molecule has 150 valence electrons. The first kappa shape index (κ1) is 19.4. The second-order valence-corrected chi connectivity index (χ2v) is 7.13. The molecule has 0 saturated heterocycles. The predicted molar refractivity (Wildman–Crippen MR) is 110 cm³/mol. The Labute approximate surface area is 173 Å². The molecule has 7 heteroatoms. The van der Waals surface area contributed by atoms with Crippen LogP contribution in [0.25, 0.3) is 5.69 Å². The Hall–Kier alpha value is -3.92. The van der Waals surface area contributed by atoms with E-state index in [1.54, 1.807) is 35.0 Å². The average molecular weight is 400 g/mol. The third-order valence-electron chi connectivity index (χ3n) is 4.79. The lowest BCUT2D eigenvalue weighted by Gasteiger charge is -2.09. The van der Waals surface area contributed by atoms with Gasteiger partial charge in [-0.1, -0.05) is 30.3 Å². The van der Waals surface area contributed by atoms with Gasteiger partial charge >= 0.3 is 5.97 Å². The molecule has 1 saturated carbocycles. The number of nitriles is 1. The van der Waals surface area contributed by atoms with E-state index in [0.29, 0.717) is 23.7 Å². The van der Waals surface area contributed by atoms with E-state index in [0.717, 1.165) is 29.8 Å². The van der Waals surface area contributed by atoms with Crippen molar-refractivity contribution < 1.29 is 14.3 Å². The molecule has 1 amide bonds. The first-order valence-corrected chi connectivity index (χ1v) is 9.72. The van der Waals surface area contributed by atoms with Crippen molar-refractivity contribution in [1.29, 1.82) is 5.26 Å². The molecule has 30 heavy (non-hydrogen) atoms. The maximum atomic E-state index is 12.7. The van der Waals surface area contributed by atoms with E-state index in [4.69, 9.17) is 10.00 Å². The smallest absolute Gasteiger partial charge is 0.357 e. The third kappa shape index (κ3) is 4.55. The molecule has 0 atom stereocenters. The maximum absolute atomic E-state index is 12.7. The number of para-hydroxylation sites is 1. The summed E-state index contributed by atoms with van der Waals surface area (Å²) in [5.74, 6) is -0.656. The quantitative estimate of drug-likeness (QED) is 0.611. The van der Waals surface area contributed by atoms with Crippen LogP contribution in [0.4, 0.5) is 5.69 Å². The number of hydrogen-bond acceptors (Lipinski definition) is 5. The topological polar surface area (TPSA) is 97.0 Å². The summed E-state index contributed by atoms with van der Waals surface area (Å²) >= 11 is 0. The molecule has 1 heterocycles. The molecular weight excluding hydrogens is 380 g/mol. The van der Waals surface area contributed by atoms with E-state index in [1.807, 2.05) is 30.3 Å². The van der Waals surface area contributed by atoms with Crippen LogP contribution < -0.4 is 5.32 Å². The van der Waals surface area contributed by atoms with Gasteiger partial charge < -0.3 is 10.1 Å². The van der Waals surface area contributed by atoms with Crippen molar-refractivity contribution in [2.75, 3.05) is 11.9 Å². The molecule has 1 aromatic heterocycles. The minimum atomic E-state index is -0.599. The van der Waals surface area contributed by atoms with Gasteiger partial charge in [0.2, 0.25) is 0 Å². The van der Waals surface area contributed by atoms with E-state index >= 15 is 0 Å². The average Bonchev–Trinajstić information content (AvgIpc) is 3.52. The van der Waals surface area contributed by atoms with Crippen molar-refractivity contribution in [3.63, 3.8) is 0 Å². The number of rotatable bonds is 7. The fourth-order valence-electron chi connectivity index (χ4n) is 3.09. The van der Waals surface area contributed by atoms with Crippen LogP contribution in [0.2, 0.25) is 0 Å². The third-order valence-corrected chi connectivity index (χ3v) is 4.79. The number of nitrogens with one attached hydrogen (secondary N) is 1. The van der Waals surface area contributed by atoms with Gasteiger partial charge in [-0.05, 0) is 48.7 Å². The van der Waals surface area contributed by atoms with Crippen LogP contribution in [-0.2, 0) is 16.0 Å². The molecule has 3 aromatic rings. The largest absolute Gasteiger partial charge is 0.451 e. The van der Waals surface area contributed by atoms with Crippen molar-refractivity contribution in [3.8, 4) is 11.8 Å². The fourth-order valence-corrected chi connectivity index (χ4v) is 3.09. The summed E-state index contributed by atoms with van der Waals surface area (Å²) in [6.45, 7) is -0.405. The molecule has 0 radical (unpaired) electrons. The van der Waals surface area contributed by atoms with Gasteiger partial charge in [0.1, 0.15) is 0 Å². The van der Waals surface area contributed by atoms with Crippen LogP contribution in [0.5, 0.6) is 0 Å². The van der Waals surface area contributed by atoms with Gasteiger partial charge in [0.05, 0.1) is 23.9 Å². The molecule has 1 aliphatic carbocycles. The van der Waals surface area contributed by atoms with Gasteiger partial charge in [-0.25, -0.2) is 9.48 Å². The normalized spacial score (nSPS) is 12.8. The highest BCUT2D eigenvalue weighted by molar-refractivity contribution is 5.95. The zero-order valence-corrected chi connectivity index (χ0v) is 16.2. The van der Waals surface area contributed by atoms with Crippen molar-refractivity contribution in [2.45, 2.75) is 25.2 Å². The highest BCUT2D eigenvalue weighted by atomic mass is 16.5. The zero-order valence-electron chi connectivity index (χ0n) is 16.2. The number of nitrogens with zero attached hydrogens (tertiary/aromatic N) is 3. The molecule has 2 aromatic carbocycles. The number of ether oxygens (including phenoxy) is 1. The second kappa shape index (κ2) is 8.62. The minimum absolute atomic E-state index is 0.303. The molecule has 1 N–H and O–H groups in total. The monoisotopic (exact) mass is 400 g/mol. The summed E-state index contributed by atoms with van der Waals surface area (Å²) in [7, 11) is 0. The summed E-state index contributed by atoms with van der Waals surface area (Å²) < 4.78 is 6.82. The Morgan fingerprint density at radius 3 is 2.53 bits per heavy atom. The predicted octanol–water partition coefficient (Wildman–Crippen LogP) is 3.61. The van der Waals surface area contributed by atoms with Gasteiger partial charge in [-0.2, -0.15) is 10.4 Å². The number of carbonyl (C=O) groups is 2. The van der Waals surface area contributed by atoms with Crippen molar-refractivity contribution >= 4 is 17.6 Å². The van der Waals surface area contributed by atoms with Crippen molar-refractivity contribution in [3.05, 3.63) is 77.6 Å². The van der Waals surface area contributed by atoms with Gasteiger partial charge in [-0.3, -0.25) is 4.79 Å². The van der Waals surface area contributed by atoms with Gasteiger partial charge in [-0.15, -0.1) is 0 Å². The minimum Gasteiger partial charge on any atom is -0.451 e. The van der Waals surface area contributed by atoms with Crippen LogP contribution in [0.1, 0.15) is 40.5 Å². The lowest BCUT2D eigenvalue weighted by atomic mass is 10.1. The van der Waals surface area contributed by atoms with Crippen LogP contribution in [0.3, 0.4) is 0 Å². The van der Waals surface area contributed by atoms with E-state index in [9.17, 15) is 9.59 Å². The number of aromatic nitrogens is 2. The molecule has 0 aliphatic heterocycles. The second-order valence-electron chi connectivity index (χ2n) is 7.13. The first-order chi connectivity index (χ1) is 14.6. The molecule has 1 fully saturated rings. The molecule has 7 nitrogen and oxygen atoms in total.